The van der Waals surface area contributed by atoms with E-state index in [1.807, 2.05) is 53.9 Å². The standard InChI is InChI=1S/C23H14F3N3S/c24-23(25,26)19-7-3-4-8-20(19)28-13-18(12-27)22-29-21(14-30-22)17-10-9-15-5-1-2-6-16(15)11-17/h1-11,13-14,28H. The monoisotopic (exact) mass is 421 g/mol. The van der Waals surface area contributed by atoms with E-state index in [2.05, 4.69) is 10.3 Å². The minimum atomic E-state index is -4.49. The number of halogens is 3. The molecule has 0 fully saturated rings. The summed E-state index contributed by atoms with van der Waals surface area (Å²) in [5.74, 6) is 0. The van der Waals surface area contributed by atoms with E-state index < -0.39 is 11.7 Å². The van der Waals surface area contributed by atoms with Crippen molar-refractivity contribution < 1.29 is 13.2 Å². The van der Waals surface area contributed by atoms with Crippen LogP contribution < -0.4 is 5.32 Å². The Morgan fingerprint density at radius 2 is 1.73 bits per heavy atom. The fourth-order valence-electron chi connectivity index (χ4n) is 3.03. The maximum atomic E-state index is 13.1. The molecular formula is C23H14F3N3S. The molecule has 0 aliphatic heterocycles. The van der Waals surface area contributed by atoms with Crippen molar-refractivity contribution in [1.29, 1.82) is 5.26 Å². The van der Waals surface area contributed by atoms with E-state index in [0.29, 0.717) is 10.7 Å². The highest BCUT2D eigenvalue weighted by Crippen LogP contribution is 2.35. The molecule has 1 heterocycles. The molecule has 4 rings (SSSR count). The molecule has 0 bridgehead atoms. The lowest BCUT2D eigenvalue weighted by atomic mass is 10.1. The highest BCUT2D eigenvalue weighted by Gasteiger charge is 2.33. The average molecular weight is 421 g/mol. The van der Waals surface area contributed by atoms with Gasteiger partial charge in [-0.2, -0.15) is 18.4 Å². The van der Waals surface area contributed by atoms with Crippen LogP contribution in [0, 0.1) is 11.3 Å². The third-order valence-electron chi connectivity index (χ3n) is 4.50. The molecule has 0 saturated carbocycles. The predicted octanol–water partition coefficient (Wildman–Crippen LogP) is 6.96. The molecule has 0 saturated heterocycles. The van der Waals surface area contributed by atoms with Gasteiger partial charge in [-0.1, -0.05) is 48.5 Å². The number of rotatable bonds is 4. The number of nitrogens with zero attached hydrogens (tertiary/aromatic N) is 2. The van der Waals surface area contributed by atoms with Gasteiger partial charge in [0.25, 0.3) is 0 Å². The molecule has 0 aliphatic carbocycles. The van der Waals surface area contributed by atoms with Crippen LogP contribution in [0.1, 0.15) is 10.6 Å². The number of anilines is 1. The number of fused-ring (bicyclic) bond motifs is 1. The van der Waals surface area contributed by atoms with E-state index in [4.69, 9.17) is 0 Å². The molecule has 0 amide bonds. The van der Waals surface area contributed by atoms with Gasteiger partial charge in [-0.05, 0) is 29.0 Å². The Morgan fingerprint density at radius 3 is 2.50 bits per heavy atom. The van der Waals surface area contributed by atoms with Crippen molar-refractivity contribution in [2.75, 3.05) is 5.32 Å². The second kappa shape index (κ2) is 8.01. The molecule has 1 N–H and O–H groups in total. The van der Waals surface area contributed by atoms with Crippen molar-refractivity contribution in [2.45, 2.75) is 6.18 Å². The fraction of sp³-hybridized carbons (Fsp3) is 0.0435. The van der Waals surface area contributed by atoms with Gasteiger partial charge in [-0.3, -0.25) is 0 Å². The number of hydrogen-bond acceptors (Lipinski definition) is 4. The van der Waals surface area contributed by atoms with Crippen LogP contribution in [0.3, 0.4) is 0 Å². The summed E-state index contributed by atoms with van der Waals surface area (Å²) in [6, 6.07) is 21.1. The number of benzene rings is 3. The van der Waals surface area contributed by atoms with Gasteiger partial charge >= 0.3 is 6.18 Å². The zero-order valence-corrected chi connectivity index (χ0v) is 16.3. The minimum absolute atomic E-state index is 0.121. The summed E-state index contributed by atoms with van der Waals surface area (Å²) in [7, 11) is 0. The number of hydrogen-bond donors (Lipinski definition) is 1. The molecule has 1 aromatic heterocycles. The molecule has 30 heavy (non-hydrogen) atoms. The lowest BCUT2D eigenvalue weighted by Gasteiger charge is -2.12. The third-order valence-corrected chi connectivity index (χ3v) is 5.38. The number of nitrogens with one attached hydrogen (secondary N) is 1. The van der Waals surface area contributed by atoms with Gasteiger partial charge in [0, 0.05) is 17.1 Å². The highest BCUT2D eigenvalue weighted by atomic mass is 32.1. The van der Waals surface area contributed by atoms with Crippen LogP contribution in [0.2, 0.25) is 0 Å². The Bertz CT molecular complexity index is 1280. The van der Waals surface area contributed by atoms with Crippen LogP contribution in [0.15, 0.2) is 78.3 Å². The van der Waals surface area contributed by atoms with Crippen LogP contribution in [-0.2, 0) is 6.18 Å². The van der Waals surface area contributed by atoms with Gasteiger partial charge in [0.15, 0.2) is 0 Å². The molecular weight excluding hydrogens is 407 g/mol. The zero-order chi connectivity index (χ0) is 21.1. The Labute approximate surface area is 174 Å². The summed E-state index contributed by atoms with van der Waals surface area (Å²) in [5.41, 5.74) is 0.851. The minimum Gasteiger partial charge on any atom is -0.360 e. The van der Waals surface area contributed by atoms with E-state index in [1.165, 1.54) is 35.7 Å². The van der Waals surface area contributed by atoms with E-state index >= 15 is 0 Å². The van der Waals surface area contributed by atoms with Crippen molar-refractivity contribution in [1.82, 2.24) is 4.98 Å². The zero-order valence-electron chi connectivity index (χ0n) is 15.4. The van der Waals surface area contributed by atoms with E-state index in [9.17, 15) is 18.4 Å². The SMILES string of the molecule is N#CC(=CNc1ccccc1C(F)(F)F)c1nc(-c2ccc3ccccc3c2)cs1. The van der Waals surface area contributed by atoms with Crippen molar-refractivity contribution >= 4 is 33.4 Å². The first kappa shape index (κ1) is 19.7. The number of alkyl halides is 3. The molecule has 3 aromatic carbocycles. The first-order chi connectivity index (χ1) is 14.5. The van der Waals surface area contributed by atoms with Crippen molar-refractivity contribution in [2.24, 2.45) is 0 Å². The van der Waals surface area contributed by atoms with Crippen LogP contribution in [0.4, 0.5) is 18.9 Å². The number of allylic oxidation sites excluding steroid dienone is 1. The molecule has 148 valence electrons. The number of para-hydroxylation sites is 1. The topological polar surface area (TPSA) is 48.7 Å². The molecule has 4 aromatic rings. The first-order valence-electron chi connectivity index (χ1n) is 8.94. The Kier molecular flexibility index (Phi) is 5.25. The molecule has 3 nitrogen and oxygen atoms in total. The molecule has 7 heteroatoms. The summed E-state index contributed by atoms with van der Waals surface area (Å²) in [6.45, 7) is 0. The first-order valence-corrected chi connectivity index (χ1v) is 9.82. The fourth-order valence-corrected chi connectivity index (χ4v) is 3.82. The van der Waals surface area contributed by atoms with Gasteiger partial charge in [0.2, 0.25) is 0 Å². The maximum Gasteiger partial charge on any atom is 0.418 e. The maximum absolute atomic E-state index is 13.1. The van der Waals surface area contributed by atoms with Crippen LogP contribution in [-0.4, -0.2) is 4.98 Å². The molecule has 0 atom stereocenters. The predicted molar refractivity (Wildman–Crippen MR) is 114 cm³/mol. The van der Waals surface area contributed by atoms with Crippen LogP contribution in [0.25, 0.3) is 27.6 Å². The number of aromatic nitrogens is 1. The summed E-state index contributed by atoms with van der Waals surface area (Å²) in [4.78, 5) is 4.51. The second-order valence-corrected chi connectivity index (χ2v) is 7.32. The third kappa shape index (κ3) is 4.04. The smallest absolute Gasteiger partial charge is 0.360 e. The number of nitriles is 1. The lowest BCUT2D eigenvalue weighted by Crippen LogP contribution is -2.08. The summed E-state index contributed by atoms with van der Waals surface area (Å²) in [6.07, 6.45) is -3.23. The van der Waals surface area contributed by atoms with Crippen molar-refractivity contribution in [3.63, 3.8) is 0 Å². The van der Waals surface area contributed by atoms with Gasteiger partial charge in [-0.15, -0.1) is 11.3 Å². The highest BCUT2D eigenvalue weighted by molar-refractivity contribution is 7.11. The molecule has 0 aliphatic rings. The second-order valence-electron chi connectivity index (χ2n) is 6.46. The van der Waals surface area contributed by atoms with Crippen LogP contribution >= 0.6 is 11.3 Å². The summed E-state index contributed by atoms with van der Waals surface area (Å²) >= 11 is 1.26. The molecule has 0 spiro atoms. The van der Waals surface area contributed by atoms with E-state index in [-0.39, 0.29) is 11.3 Å². The van der Waals surface area contributed by atoms with Gasteiger partial charge < -0.3 is 5.32 Å². The summed E-state index contributed by atoms with van der Waals surface area (Å²) in [5, 5.41) is 16.5. The molecule has 0 radical (unpaired) electrons. The van der Waals surface area contributed by atoms with E-state index in [1.54, 1.807) is 0 Å². The van der Waals surface area contributed by atoms with Gasteiger partial charge in [0.05, 0.1) is 16.9 Å². The molecule has 0 unspecified atom stereocenters. The van der Waals surface area contributed by atoms with Gasteiger partial charge in [-0.25, -0.2) is 4.98 Å². The number of thiazole rings is 1. The summed E-state index contributed by atoms with van der Waals surface area (Å²) < 4.78 is 39.4. The Morgan fingerprint density at radius 1 is 1.00 bits per heavy atom. The average Bonchev–Trinajstić information content (AvgIpc) is 3.23. The van der Waals surface area contributed by atoms with Crippen LogP contribution in [0.5, 0.6) is 0 Å². The Balaban J connectivity index is 1.62. The normalized spacial score (nSPS) is 12.0. The lowest BCUT2D eigenvalue weighted by molar-refractivity contribution is -0.136. The van der Waals surface area contributed by atoms with Crippen molar-refractivity contribution in [3.05, 3.63) is 88.9 Å². The van der Waals surface area contributed by atoms with E-state index in [0.717, 1.165) is 22.4 Å². The van der Waals surface area contributed by atoms with Gasteiger partial charge in [0.1, 0.15) is 16.6 Å². The Hall–Kier alpha value is -3.63. The largest absolute Gasteiger partial charge is 0.418 e. The van der Waals surface area contributed by atoms with Crippen molar-refractivity contribution in [3.8, 4) is 17.3 Å². The quantitative estimate of drug-likeness (QED) is 0.362.